The standard InChI is InChI=1S/C20H20ClN3O2/c1-12-10-14(6-8-16(12)21)22-19(25)13-5-7-15-17(11-13)23(2)18-4-3-9-24(18)20(15)26/h5-8,10-11,18H,3-4,9H2,1-2H3,(H,22,25). The van der Waals surface area contributed by atoms with E-state index in [0.29, 0.717) is 21.8 Å². The molecule has 1 unspecified atom stereocenters. The van der Waals surface area contributed by atoms with Gasteiger partial charge in [-0.3, -0.25) is 9.59 Å². The second-order valence-electron chi connectivity index (χ2n) is 6.88. The number of carbonyl (C=O) groups is 2. The molecule has 2 amide bonds. The number of rotatable bonds is 2. The maximum atomic E-state index is 12.7. The van der Waals surface area contributed by atoms with Gasteiger partial charge in [0, 0.05) is 29.9 Å². The summed E-state index contributed by atoms with van der Waals surface area (Å²) in [5.41, 5.74) is 3.60. The molecule has 5 nitrogen and oxygen atoms in total. The highest BCUT2D eigenvalue weighted by atomic mass is 35.5. The average molecular weight is 370 g/mol. The van der Waals surface area contributed by atoms with E-state index in [1.54, 1.807) is 30.3 Å². The number of nitrogens with one attached hydrogen (secondary N) is 1. The summed E-state index contributed by atoms with van der Waals surface area (Å²) in [5, 5.41) is 3.56. The number of amides is 2. The highest BCUT2D eigenvalue weighted by Gasteiger charge is 2.38. The number of aryl methyl sites for hydroxylation is 1. The normalized spacial score (nSPS) is 18.6. The van der Waals surface area contributed by atoms with Gasteiger partial charge in [0.25, 0.3) is 11.8 Å². The molecule has 1 fully saturated rings. The molecule has 0 aromatic heterocycles. The first-order chi connectivity index (χ1) is 12.5. The van der Waals surface area contributed by atoms with Crippen molar-refractivity contribution in [1.29, 1.82) is 0 Å². The lowest BCUT2D eigenvalue weighted by atomic mass is 10.0. The fourth-order valence-electron chi connectivity index (χ4n) is 3.78. The number of benzene rings is 2. The zero-order valence-corrected chi connectivity index (χ0v) is 15.5. The summed E-state index contributed by atoms with van der Waals surface area (Å²) in [6.07, 6.45) is 2.06. The van der Waals surface area contributed by atoms with E-state index >= 15 is 0 Å². The number of nitrogens with zero attached hydrogens (tertiary/aromatic N) is 2. The summed E-state index contributed by atoms with van der Waals surface area (Å²) in [6.45, 7) is 2.69. The van der Waals surface area contributed by atoms with Crippen molar-refractivity contribution in [2.75, 3.05) is 23.8 Å². The van der Waals surface area contributed by atoms with Crippen LogP contribution in [0.5, 0.6) is 0 Å². The van der Waals surface area contributed by atoms with E-state index in [0.717, 1.165) is 30.6 Å². The van der Waals surface area contributed by atoms with Gasteiger partial charge in [-0.2, -0.15) is 0 Å². The Morgan fingerprint density at radius 2 is 2.04 bits per heavy atom. The zero-order chi connectivity index (χ0) is 18.4. The van der Waals surface area contributed by atoms with Gasteiger partial charge in [0.15, 0.2) is 0 Å². The van der Waals surface area contributed by atoms with Gasteiger partial charge in [-0.05, 0) is 61.7 Å². The lowest BCUT2D eigenvalue weighted by molar-refractivity contribution is 0.0719. The quantitative estimate of drug-likeness (QED) is 0.873. The van der Waals surface area contributed by atoms with Crippen molar-refractivity contribution >= 4 is 34.8 Å². The Balaban J connectivity index is 1.62. The molecule has 1 atom stereocenters. The fourth-order valence-corrected chi connectivity index (χ4v) is 3.89. The topological polar surface area (TPSA) is 52.7 Å². The number of fused-ring (bicyclic) bond motifs is 2. The van der Waals surface area contributed by atoms with Crippen LogP contribution in [0.25, 0.3) is 0 Å². The van der Waals surface area contributed by atoms with Crippen molar-refractivity contribution < 1.29 is 9.59 Å². The van der Waals surface area contributed by atoms with Crippen molar-refractivity contribution in [2.24, 2.45) is 0 Å². The van der Waals surface area contributed by atoms with E-state index in [9.17, 15) is 9.59 Å². The third-order valence-electron chi connectivity index (χ3n) is 5.22. The Morgan fingerprint density at radius 1 is 1.23 bits per heavy atom. The van der Waals surface area contributed by atoms with Crippen LogP contribution in [0.1, 0.15) is 39.1 Å². The Morgan fingerprint density at radius 3 is 2.81 bits per heavy atom. The number of carbonyl (C=O) groups excluding carboxylic acids is 2. The van der Waals surface area contributed by atoms with Crippen LogP contribution >= 0.6 is 11.6 Å². The van der Waals surface area contributed by atoms with Crippen molar-refractivity contribution in [3.8, 4) is 0 Å². The summed E-state index contributed by atoms with van der Waals surface area (Å²) in [5.74, 6) is -0.148. The minimum absolute atomic E-state index is 0.0564. The molecule has 6 heteroatoms. The Hall–Kier alpha value is -2.53. The molecule has 134 valence electrons. The largest absolute Gasteiger partial charge is 0.354 e. The van der Waals surface area contributed by atoms with Gasteiger partial charge in [0.1, 0.15) is 6.17 Å². The first-order valence-electron chi connectivity index (χ1n) is 8.71. The third kappa shape index (κ3) is 2.72. The SMILES string of the molecule is Cc1cc(NC(=O)c2ccc3c(c2)N(C)C2CCCN2C3=O)ccc1Cl. The van der Waals surface area contributed by atoms with Gasteiger partial charge in [0.05, 0.1) is 11.3 Å². The highest BCUT2D eigenvalue weighted by Crippen LogP contribution is 2.35. The van der Waals surface area contributed by atoms with Crippen LogP contribution in [0, 0.1) is 6.92 Å². The molecule has 2 aromatic carbocycles. The smallest absolute Gasteiger partial charge is 0.257 e. The Bertz CT molecular complexity index is 912. The molecule has 0 spiro atoms. The number of hydrogen-bond acceptors (Lipinski definition) is 3. The number of hydrogen-bond donors (Lipinski definition) is 1. The molecule has 2 aliphatic heterocycles. The van der Waals surface area contributed by atoms with E-state index in [1.165, 1.54) is 0 Å². The average Bonchev–Trinajstić information content (AvgIpc) is 3.12. The highest BCUT2D eigenvalue weighted by molar-refractivity contribution is 6.31. The van der Waals surface area contributed by atoms with Crippen LogP contribution in [0.2, 0.25) is 5.02 Å². The molecular formula is C20H20ClN3O2. The fraction of sp³-hybridized carbons (Fsp3) is 0.300. The van der Waals surface area contributed by atoms with E-state index in [2.05, 4.69) is 10.2 Å². The maximum absolute atomic E-state index is 12.7. The minimum atomic E-state index is -0.204. The summed E-state index contributed by atoms with van der Waals surface area (Å²) in [6, 6.07) is 10.6. The summed E-state index contributed by atoms with van der Waals surface area (Å²) >= 11 is 6.03. The lowest BCUT2D eigenvalue weighted by Crippen LogP contribution is -2.50. The van der Waals surface area contributed by atoms with Gasteiger partial charge >= 0.3 is 0 Å². The molecule has 2 aliphatic rings. The molecule has 4 rings (SSSR count). The zero-order valence-electron chi connectivity index (χ0n) is 14.8. The number of halogens is 1. The second kappa shape index (κ2) is 6.32. The molecule has 0 bridgehead atoms. The summed E-state index contributed by atoms with van der Waals surface area (Å²) in [4.78, 5) is 29.3. The van der Waals surface area contributed by atoms with Crippen LogP contribution in [-0.4, -0.2) is 36.5 Å². The van der Waals surface area contributed by atoms with E-state index in [4.69, 9.17) is 11.6 Å². The molecule has 0 radical (unpaired) electrons. The predicted octanol–water partition coefficient (Wildman–Crippen LogP) is 3.91. The summed E-state index contributed by atoms with van der Waals surface area (Å²) < 4.78 is 0. The molecular weight excluding hydrogens is 350 g/mol. The van der Waals surface area contributed by atoms with E-state index in [-0.39, 0.29) is 18.0 Å². The molecule has 2 heterocycles. The van der Waals surface area contributed by atoms with Gasteiger partial charge < -0.3 is 15.1 Å². The van der Waals surface area contributed by atoms with Crippen molar-refractivity contribution in [3.05, 3.63) is 58.1 Å². The van der Waals surface area contributed by atoms with Gasteiger partial charge in [-0.1, -0.05) is 11.6 Å². The Labute approximate surface area is 157 Å². The van der Waals surface area contributed by atoms with Gasteiger partial charge in [-0.15, -0.1) is 0 Å². The third-order valence-corrected chi connectivity index (χ3v) is 5.64. The van der Waals surface area contributed by atoms with Crippen LogP contribution < -0.4 is 10.2 Å². The first-order valence-corrected chi connectivity index (χ1v) is 9.09. The van der Waals surface area contributed by atoms with E-state index in [1.807, 2.05) is 24.9 Å². The van der Waals surface area contributed by atoms with Crippen LogP contribution in [0.4, 0.5) is 11.4 Å². The molecule has 1 saturated heterocycles. The molecule has 2 aromatic rings. The predicted molar refractivity (Wildman–Crippen MR) is 103 cm³/mol. The van der Waals surface area contributed by atoms with Crippen LogP contribution in [-0.2, 0) is 0 Å². The van der Waals surface area contributed by atoms with Gasteiger partial charge in [-0.25, -0.2) is 0 Å². The first kappa shape index (κ1) is 16.9. The van der Waals surface area contributed by atoms with Gasteiger partial charge in [0.2, 0.25) is 0 Å². The summed E-state index contributed by atoms with van der Waals surface area (Å²) in [7, 11) is 1.98. The second-order valence-corrected chi connectivity index (χ2v) is 7.29. The van der Waals surface area contributed by atoms with Crippen LogP contribution in [0.15, 0.2) is 36.4 Å². The van der Waals surface area contributed by atoms with Crippen molar-refractivity contribution in [3.63, 3.8) is 0 Å². The Kier molecular flexibility index (Phi) is 4.11. The van der Waals surface area contributed by atoms with Crippen molar-refractivity contribution in [1.82, 2.24) is 4.90 Å². The molecule has 26 heavy (non-hydrogen) atoms. The molecule has 0 aliphatic carbocycles. The molecule has 0 saturated carbocycles. The monoisotopic (exact) mass is 369 g/mol. The maximum Gasteiger partial charge on any atom is 0.257 e. The minimum Gasteiger partial charge on any atom is -0.354 e. The molecule has 1 N–H and O–H groups in total. The van der Waals surface area contributed by atoms with E-state index < -0.39 is 0 Å². The van der Waals surface area contributed by atoms with Crippen LogP contribution in [0.3, 0.4) is 0 Å². The number of anilines is 2. The van der Waals surface area contributed by atoms with Crippen molar-refractivity contribution in [2.45, 2.75) is 25.9 Å². The lowest BCUT2D eigenvalue weighted by Gasteiger charge is -2.40.